The Morgan fingerprint density at radius 1 is 1.04 bits per heavy atom. The Bertz CT molecular complexity index is 910. The highest BCUT2D eigenvalue weighted by atomic mass is 16.5. The molecule has 4 rings (SSSR count). The second kappa shape index (κ2) is 5.60. The molecule has 0 spiro atoms. The zero-order valence-corrected chi connectivity index (χ0v) is 13.4. The highest BCUT2D eigenvalue weighted by Crippen LogP contribution is 2.50. The molecule has 1 aromatic heterocycles. The first-order chi connectivity index (χ1) is 11.7. The van der Waals surface area contributed by atoms with E-state index in [4.69, 9.17) is 18.6 Å². The van der Waals surface area contributed by atoms with E-state index in [0.717, 1.165) is 5.56 Å². The summed E-state index contributed by atoms with van der Waals surface area (Å²) in [6.07, 6.45) is 1.47. The lowest BCUT2D eigenvalue weighted by Gasteiger charge is -2.27. The number of benzene rings is 2. The zero-order chi connectivity index (χ0) is 16.7. The van der Waals surface area contributed by atoms with E-state index in [1.807, 2.05) is 30.3 Å². The molecule has 0 saturated heterocycles. The summed E-state index contributed by atoms with van der Waals surface area (Å²) in [5, 5.41) is 0.705. The number of rotatable bonds is 3. The van der Waals surface area contributed by atoms with Crippen LogP contribution in [0.2, 0.25) is 0 Å². The van der Waals surface area contributed by atoms with E-state index in [2.05, 4.69) is 0 Å². The van der Waals surface area contributed by atoms with Crippen LogP contribution in [0.3, 0.4) is 0 Å². The minimum atomic E-state index is -0.331. The summed E-state index contributed by atoms with van der Waals surface area (Å²) in [7, 11) is 3.02. The van der Waals surface area contributed by atoms with Crippen LogP contribution in [0.4, 0.5) is 0 Å². The molecule has 1 aliphatic rings. The Balaban J connectivity index is 1.94. The van der Waals surface area contributed by atoms with Crippen LogP contribution in [0.15, 0.2) is 47.1 Å². The number of hydrogen-bond acceptors (Lipinski definition) is 5. The number of Topliss-reactive ketones (excluding diaryl/α,β-unsaturated/α-hetero) is 1. The molecule has 2 heterocycles. The van der Waals surface area contributed by atoms with E-state index in [0.29, 0.717) is 33.8 Å². The maximum absolute atomic E-state index is 12.8. The van der Waals surface area contributed by atoms with Crippen LogP contribution in [0, 0.1) is 0 Å². The van der Waals surface area contributed by atoms with Crippen LogP contribution in [0.5, 0.6) is 17.2 Å². The van der Waals surface area contributed by atoms with Crippen molar-refractivity contribution in [3.05, 3.63) is 53.8 Å². The van der Waals surface area contributed by atoms with Crippen molar-refractivity contribution < 1.29 is 23.4 Å². The van der Waals surface area contributed by atoms with Gasteiger partial charge in [0.05, 0.1) is 32.3 Å². The minimum absolute atomic E-state index is 0.0386. The molecule has 0 radical (unpaired) electrons. The lowest BCUT2D eigenvalue weighted by Crippen LogP contribution is -2.21. The summed E-state index contributed by atoms with van der Waals surface area (Å²) in [5.41, 5.74) is 1.88. The van der Waals surface area contributed by atoms with Gasteiger partial charge in [-0.15, -0.1) is 0 Å². The maximum atomic E-state index is 12.8. The summed E-state index contributed by atoms with van der Waals surface area (Å²) in [6.45, 7) is 0. The molecule has 0 bridgehead atoms. The molecule has 0 N–H and O–H groups in total. The van der Waals surface area contributed by atoms with Gasteiger partial charge in [0, 0.05) is 0 Å². The Morgan fingerprint density at radius 3 is 2.50 bits per heavy atom. The van der Waals surface area contributed by atoms with Crippen molar-refractivity contribution >= 4 is 16.8 Å². The summed E-state index contributed by atoms with van der Waals surface area (Å²) in [4.78, 5) is 12.8. The van der Waals surface area contributed by atoms with Gasteiger partial charge in [0.2, 0.25) is 5.75 Å². The summed E-state index contributed by atoms with van der Waals surface area (Å²) < 4.78 is 22.6. The second-order valence-corrected chi connectivity index (χ2v) is 5.58. The monoisotopic (exact) mass is 324 g/mol. The predicted molar refractivity (Wildman–Crippen MR) is 88.1 cm³/mol. The van der Waals surface area contributed by atoms with Gasteiger partial charge in [0.25, 0.3) is 0 Å². The summed E-state index contributed by atoms with van der Waals surface area (Å²) in [6, 6.07) is 11.5. The van der Waals surface area contributed by atoms with Gasteiger partial charge in [-0.25, -0.2) is 0 Å². The van der Waals surface area contributed by atoms with Gasteiger partial charge in [-0.05, 0) is 11.6 Å². The normalized spacial score (nSPS) is 16.6. The lowest BCUT2D eigenvalue weighted by atomic mass is 9.94. The first kappa shape index (κ1) is 14.6. The summed E-state index contributed by atoms with van der Waals surface area (Å²) >= 11 is 0. The zero-order valence-electron chi connectivity index (χ0n) is 13.4. The fourth-order valence-corrected chi connectivity index (χ4v) is 3.18. The third-order valence-electron chi connectivity index (χ3n) is 4.27. The van der Waals surface area contributed by atoms with Crippen LogP contribution < -0.4 is 14.2 Å². The van der Waals surface area contributed by atoms with E-state index < -0.39 is 0 Å². The second-order valence-electron chi connectivity index (χ2n) is 5.58. The standard InChI is InChI=1S/C19H16O5/c1-21-18-15-13(20)10-14(11-6-4-3-5-7-11)24-16(15)12-8-9-23-17(12)19(18)22-2/h3-9,14H,10H2,1-2H3/t14-/m1/s1. The van der Waals surface area contributed by atoms with E-state index >= 15 is 0 Å². The average molecular weight is 324 g/mol. The Morgan fingerprint density at radius 2 is 1.79 bits per heavy atom. The topological polar surface area (TPSA) is 57.9 Å². The average Bonchev–Trinajstić information content (AvgIpc) is 3.11. The van der Waals surface area contributed by atoms with Crippen molar-refractivity contribution in [2.75, 3.05) is 14.2 Å². The highest BCUT2D eigenvalue weighted by molar-refractivity contribution is 6.10. The quantitative estimate of drug-likeness (QED) is 0.724. The van der Waals surface area contributed by atoms with Crippen LogP contribution in [-0.2, 0) is 0 Å². The number of furan rings is 1. The molecule has 2 aromatic carbocycles. The third kappa shape index (κ3) is 2.05. The first-order valence-electron chi connectivity index (χ1n) is 7.64. The van der Waals surface area contributed by atoms with Gasteiger partial charge in [-0.3, -0.25) is 4.79 Å². The SMILES string of the molecule is COc1c2c(c3ccoc3c1OC)O[C@@H](c1ccccc1)CC2=O. The third-order valence-corrected chi connectivity index (χ3v) is 4.27. The van der Waals surface area contributed by atoms with Gasteiger partial charge < -0.3 is 18.6 Å². The Kier molecular flexibility index (Phi) is 3.41. The smallest absolute Gasteiger partial charge is 0.205 e. The van der Waals surface area contributed by atoms with Crippen molar-refractivity contribution in [2.24, 2.45) is 0 Å². The van der Waals surface area contributed by atoms with E-state index in [9.17, 15) is 4.79 Å². The molecule has 0 unspecified atom stereocenters. The molecule has 122 valence electrons. The predicted octanol–water partition coefficient (Wildman–Crippen LogP) is 4.16. The van der Waals surface area contributed by atoms with Crippen molar-refractivity contribution in [1.29, 1.82) is 0 Å². The lowest BCUT2D eigenvalue weighted by molar-refractivity contribution is 0.0847. The maximum Gasteiger partial charge on any atom is 0.205 e. The molecule has 5 nitrogen and oxygen atoms in total. The Hall–Kier alpha value is -2.95. The van der Waals surface area contributed by atoms with Crippen molar-refractivity contribution in [3.63, 3.8) is 0 Å². The van der Waals surface area contributed by atoms with Gasteiger partial charge >= 0.3 is 0 Å². The van der Waals surface area contributed by atoms with Crippen molar-refractivity contribution in [1.82, 2.24) is 0 Å². The van der Waals surface area contributed by atoms with Crippen LogP contribution in [-0.4, -0.2) is 20.0 Å². The number of methoxy groups -OCH3 is 2. The number of ketones is 1. The largest absolute Gasteiger partial charge is 0.492 e. The highest BCUT2D eigenvalue weighted by Gasteiger charge is 2.35. The van der Waals surface area contributed by atoms with E-state index in [-0.39, 0.29) is 18.3 Å². The van der Waals surface area contributed by atoms with E-state index in [1.54, 1.807) is 12.3 Å². The fourth-order valence-electron chi connectivity index (χ4n) is 3.18. The molecule has 0 amide bonds. The number of fused-ring (bicyclic) bond motifs is 3. The molecule has 5 heteroatoms. The molecule has 1 atom stereocenters. The Labute approximate surface area is 138 Å². The van der Waals surface area contributed by atoms with Crippen molar-refractivity contribution in [2.45, 2.75) is 12.5 Å². The molecular weight excluding hydrogens is 308 g/mol. The molecule has 0 saturated carbocycles. The number of ether oxygens (including phenoxy) is 3. The number of carbonyl (C=O) groups excluding carboxylic acids is 1. The molecule has 24 heavy (non-hydrogen) atoms. The molecular formula is C19H16O5. The molecule has 3 aromatic rings. The van der Waals surface area contributed by atoms with Gasteiger partial charge in [0.1, 0.15) is 17.4 Å². The van der Waals surface area contributed by atoms with Crippen LogP contribution in [0.25, 0.3) is 11.0 Å². The number of hydrogen-bond donors (Lipinski definition) is 0. The number of carbonyl (C=O) groups is 1. The van der Waals surface area contributed by atoms with Crippen LogP contribution in [0.1, 0.15) is 28.4 Å². The summed E-state index contributed by atoms with van der Waals surface area (Å²) in [5.74, 6) is 1.21. The molecule has 0 aliphatic carbocycles. The first-order valence-corrected chi connectivity index (χ1v) is 7.64. The van der Waals surface area contributed by atoms with Gasteiger partial charge in [-0.1, -0.05) is 30.3 Å². The molecule has 1 aliphatic heterocycles. The minimum Gasteiger partial charge on any atom is -0.492 e. The van der Waals surface area contributed by atoms with Gasteiger partial charge in [0.15, 0.2) is 17.1 Å². The van der Waals surface area contributed by atoms with Crippen molar-refractivity contribution in [3.8, 4) is 17.2 Å². The molecule has 0 fully saturated rings. The van der Waals surface area contributed by atoms with Gasteiger partial charge in [-0.2, -0.15) is 0 Å². The van der Waals surface area contributed by atoms with E-state index in [1.165, 1.54) is 14.2 Å². The fraction of sp³-hybridized carbons (Fsp3) is 0.211. The van der Waals surface area contributed by atoms with Crippen LogP contribution >= 0.6 is 0 Å².